The smallest absolute Gasteiger partial charge is 0.0547 e. The maximum atomic E-state index is 4.19. The van der Waals surface area contributed by atoms with Gasteiger partial charge in [-0.2, -0.15) is 0 Å². The Bertz CT molecular complexity index is 8760. The van der Waals surface area contributed by atoms with E-state index in [2.05, 4.69) is 546 Å². The molecule has 0 bridgehead atoms. The van der Waals surface area contributed by atoms with Gasteiger partial charge in [0.05, 0.1) is 33.1 Å². The second-order valence-corrected chi connectivity index (χ2v) is 36.7. The summed E-state index contributed by atoms with van der Waals surface area (Å²) in [6.45, 7) is 0. The number of fused-ring (bicyclic) bond motifs is 11. The lowest BCUT2D eigenvalue weighted by Gasteiger charge is -2.14. The molecular weight excluding hydrogens is 1820 g/mol. The van der Waals surface area contributed by atoms with Gasteiger partial charge in [0.15, 0.2) is 0 Å². The van der Waals surface area contributed by atoms with Gasteiger partial charge in [-0.15, -0.1) is 0 Å². The molecule has 21 aromatic carbocycles. The minimum absolute atomic E-state index is 1.06. The van der Waals surface area contributed by atoms with Crippen molar-refractivity contribution in [3.8, 4) is 139 Å². The van der Waals surface area contributed by atoms with E-state index in [0.29, 0.717) is 0 Å². The highest BCUT2D eigenvalue weighted by atomic mass is 79.9. The van der Waals surface area contributed by atoms with Gasteiger partial charge in [0.2, 0.25) is 0 Å². The molecule has 0 spiro atoms. The summed E-state index contributed by atoms with van der Waals surface area (Å²) in [5.74, 6) is 0. The minimum Gasteiger partial charge on any atom is -0.309 e. The van der Waals surface area contributed by atoms with E-state index in [4.69, 9.17) is 0 Å². The first-order chi connectivity index (χ1) is 66.2. The molecule has 0 amide bonds. The summed E-state index contributed by atoms with van der Waals surface area (Å²) in [6, 6.07) is 177. The number of hydrogen-bond donors (Lipinski definition) is 0. The zero-order chi connectivity index (χ0) is 89.5. The third kappa shape index (κ3) is 15.9. The van der Waals surface area contributed by atoms with Crippen molar-refractivity contribution < 1.29 is 0 Å². The molecule has 0 unspecified atom stereocenters. The monoisotopic (exact) mass is 1900 g/mol. The number of pyridine rings is 1. The number of para-hydroxylation sites is 6. The average molecular weight is 1900 g/mol. The largest absolute Gasteiger partial charge is 0.309 e. The lowest BCUT2D eigenvalue weighted by atomic mass is 9.91. The molecule has 25 rings (SSSR count). The van der Waals surface area contributed by atoms with Gasteiger partial charge in [0.1, 0.15) is 0 Å². The van der Waals surface area contributed by atoms with E-state index >= 15 is 0 Å². The zero-order valence-electron chi connectivity index (χ0n) is 72.8. The molecule has 0 atom stereocenters. The Kier molecular flexibility index (Phi) is 22.2. The lowest BCUT2D eigenvalue weighted by Crippen LogP contribution is -1.93. The molecule has 0 N–H and O–H groups in total. The highest BCUT2D eigenvalue weighted by Crippen LogP contribution is 2.47. The Labute approximate surface area is 803 Å². The Morgan fingerprint density at radius 1 is 0.149 bits per heavy atom. The molecule has 0 radical (unpaired) electrons. The third-order valence-electron chi connectivity index (χ3n) is 26.1. The third-order valence-corrected chi connectivity index (χ3v) is 27.7. The van der Waals surface area contributed by atoms with Crippen molar-refractivity contribution in [2.75, 3.05) is 0 Å². The van der Waals surface area contributed by atoms with E-state index < -0.39 is 0 Å². The number of benzene rings is 21. The van der Waals surface area contributed by atoms with Crippen LogP contribution in [0, 0.1) is 0 Å². The van der Waals surface area contributed by atoms with Crippen LogP contribution < -0.4 is 0 Å². The van der Waals surface area contributed by atoms with Gasteiger partial charge in [0, 0.05) is 75.2 Å². The Hall–Kier alpha value is -15.9. The van der Waals surface area contributed by atoms with Crippen molar-refractivity contribution in [1.29, 1.82) is 0 Å². The van der Waals surface area contributed by atoms with Gasteiger partial charge in [-0.3, -0.25) is 4.98 Å². The van der Waals surface area contributed by atoms with Crippen molar-refractivity contribution in [1.82, 2.24) is 18.7 Å². The number of rotatable bonds is 14. The first kappa shape index (κ1) is 82.5. The normalized spacial score (nSPS) is 11.4. The van der Waals surface area contributed by atoms with Crippen molar-refractivity contribution in [3.63, 3.8) is 0 Å². The fourth-order valence-corrected chi connectivity index (χ4v) is 21.2. The Morgan fingerprint density at radius 3 is 0.896 bits per heavy atom. The summed E-state index contributed by atoms with van der Waals surface area (Å²) in [5, 5.41) is 12.6. The molecule has 0 aliphatic rings. The van der Waals surface area contributed by atoms with E-state index in [0.717, 1.165) is 35.9 Å². The number of aromatic nitrogens is 4. The minimum atomic E-state index is 1.06. The molecule has 4 nitrogen and oxygen atoms in total. The first-order valence-corrected chi connectivity index (χ1v) is 47.6. The fourth-order valence-electron chi connectivity index (χ4n) is 19.8. The van der Waals surface area contributed by atoms with Crippen molar-refractivity contribution in [2.45, 2.75) is 0 Å². The van der Waals surface area contributed by atoms with Gasteiger partial charge >= 0.3 is 0 Å². The van der Waals surface area contributed by atoms with Crippen LogP contribution in [0.2, 0.25) is 0 Å². The summed E-state index contributed by atoms with van der Waals surface area (Å²) in [6.07, 6.45) is 3.67. The first-order valence-electron chi connectivity index (χ1n) is 45.2. The van der Waals surface area contributed by atoms with Crippen LogP contribution in [-0.4, -0.2) is 18.7 Å². The molecular formula is C127H83Br3N4. The summed E-state index contributed by atoms with van der Waals surface area (Å²) >= 11 is 11.5. The number of hydrogen-bond acceptors (Lipinski definition) is 1. The van der Waals surface area contributed by atoms with Gasteiger partial charge in [-0.1, -0.05) is 394 Å². The van der Waals surface area contributed by atoms with Crippen LogP contribution in [0.25, 0.3) is 226 Å². The molecule has 134 heavy (non-hydrogen) atoms. The second kappa shape index (κ2) is 36.1. The Morgan fingerprint density at radius 2 is 0.448 bits per heavy atom. The molecule has 4 heterocycles. The highest BCUT2D eigenvalue weighted by molar-refractivity contribution is 9.11. The molecule has 0 saturated heterocycles. The van der Waals surface area contributed by atoms with Crippen LogP contribution in [0.5, 0.6) is 0 Å². The van der Waals surface area contributed by atoms with E-state index in [1.54, 1.807) is 0 Å². The fraction of sp³-hybridized carbons (Fsp3) is 0. The van der Waals surface area contributed by atoms with Crippen LogP contribution in [0.3, 0.4) is 0 Å². The summed E-state index contributed by atoms with van der Waals surface area (Å²) in [4.78, 5) is 4.19. The molecule has 0 fully saturated rings. The quantitative estimate of drug-likeness (QED) is 0.107. The topological polar surface area (TPSA) is 27.7 Å². The summed E-state index contributed by atoms with van der Waals surface area (Å²) in [7, 11) is 0. The maximum Gasteiger partial charge on any atom is 0.0547 e. The van der Waals surface area contributed by atoms with Crippen LogP contribution in [0.4, 0.5) is 0 Å². The molecule has 25 aromatic rings. The van der Waals surface area contributed by atoms with Gasteiger partial charge in [-0.05, 0) is 290 Å². The molecule has 0 saturated carbocycles. The van der Waals surface area contributed by atoms with Crippen LogP contribution in [0.1, 0.15) is 0 Å². The molecule has 0 aliphatic heterocycles. The average Bonchev–Trinajstić information content (AvgIpc) is 1.54. The Balaban J connectivity index is 0.000000114. The predicted molar refractivity (Wildman–Crippen MR) is 578 cm³/mol. The van der Waals surface area contributed by atoms with E-state index in [9.17, 15) is 0 Å². The second-order valence-electron chi connectivity index (χ2n) is 34.0. The SMILES string of the molecule is Brc1cc(-c2ccc(-c3cccc4ccccc34)cc2)cc(-c2ccccc2-c2ccc3c4ccccc4n(-c4ccccc4)c3c2)c1.Brc1cc(-c2ccc3cc(-c4ccccc4)ccc3c2)cc(-c2ccccc2-c2ccc3c4ccccc4n(-c4ccccc4)c3c2)c1.Brc1ccc(-c2ccccc2-c2ccc3c4ccccc4n(-c4ccccc4)c3c2)cc1-c1ccncc1. The summed E-state index contributed by atoms with van der Waals surface area (Å²) in [5.41, 5.74) is 37.1. The molecule has 7 heteroatoms. The summed E-state index contributed by atoms with van der Waals surface area (Å²) < 4.78 is 10.3. The number of halogens is 3. The van der Waals surface area contributed by atoms with Crippen LogP contribution in [0.15, 0.2) is 517 Å². The van der Waals surface area contributed by atoms with Crippen LogP contribution >= 0.6 is 47.8 Å². The van der Waals surface area contributed by atoms with Gasteiger partial charge in [-0.25, -0.2) is 0 Å². The maximum absolute atomic E-state index is 4.19. The van der Waals surface area contributed by atoms with Gasteiger partial charge < -0.3 is 13.7 Å². The van der Waals surface area contributed by atoms with Crippen molar-refractivity contribution in [2.24, 2.45) is 0 Å². The zero-order valence-corrected chi connectivity index (χ0v) is 77.6. The van der Waals surface area contributed by atoms with Crippen LogP contribution in [-0.2, 0) is 0 Å². The molecule has 632 valence electrons. The van der Waals surface area contributed by atoms with Gasteiger partial charge in [0.25, 0.3) is 0 Å². The van der Waals surface area contributed by atoms with E-state index in [-0.39, 0.29) is 0 Å². The molecule has 4 aromatic heterocycles. The standard InChI is InChI=1S/2C46H30BrN.C35H23BrN2/c47-39-28-37(35-22-21-33-25-32(19-20-34(33)26-35)31-11-3-1-4-12-31)27-38(29-39)42-16-8-7-15-41(42)36-23-24-44-43-17-9-10-18-45(43)48(46(44)30-36)40-13-5-2-6-14-40;47-37-28-35(31-21-23-33(24-22-31)40-19-10-12-32-11-4-5-15-39(32)40)27-36(29-37)42-17-7-6-16-41(42)34-25-26-44-43-18-8-9-20-45(43)48(46(44)30-34)38-13-2-1-3-14-38;36-33-17-15-25(22-32(33)24-18-20-37-21-19-24)28-10-4-5-11-29(28)26-14-16-31-30-12-6-7-13-34(30)38(35(31)23-26)27-8-2-1-3-9-27/h2*1-30H;1-23H. The lowest BCUT2D eigenvalue weighted by molar-refractivity contribution is 1.18. The number of nitrogens with zero attached hydrogens (tertiary/aromatic N) is 4. The van der Waals surface area contributed by atoms with E-state index in [1.807, 2.05) is 24.5 Å². The van der Waals surface area contributed by atoms with Crippen molar-refractivity contribution in [3.05, 3.63) is 517 Å². The predicted octanol–water partition coefficient (Wildman–Crippen LogP) is 36.7. The van der Waals surface area contributed by atoms with E-state index in [1.165, 1.54) is 204 Å². The van der Waals surface area contributed by atoms with Crippen molar-refractivity contribution >= 4 is 135 Å². The molecule has 0 aliphatic carbocycles. The highest BCUT2D eigenvalue weighted by Gasteiger charge is 2.22.